The van der Waals surface area contributed by atoms with E-state index in [2.05, 4.69) is 19.2 Å². The topological polar surface area (TPSA) is 55.4 Å². The molecule has 16 heavy (non-hydrogen) atoms. The molecule has 4 nitrogen and oxygen atoms in total. The Hall–Kier alpha value is -1.32. The number of amides is 1. The van der Waals surface area contributed by atoms with E-state index in [1.165, 1.54) is 0 Å². The van der Waals surface area contributed by atoms with Gasteiger partial charge in [0.2, 0.25) is 5.91 Å². The summed E-state index contributed by atoms with van der Waals surface area (Å²) in [7, 11) is 0. The van der Waals surface area contributed by atoms with Gasteiger partial charge < -0.3 is 10.1 Å². The van der Waals surface area contributed by atoms with Crippen LogP contribution in [0, 0.1) is 5.92 Å². The second-order valence-corrected chi connectivity index (χ2v) is 3.78. The minimum absolute atomic E-state index is 0.124. The van der Waals surface area contributed by atoms with Gasteiger partial charge >= 0.3 is 5.97 Å². The maximum absolute atomic E-state index is 11.2. The fourth-order valence-corrected chi connectivity index (χ4v) is 1.05. The normalized spacial score (nSPS) is 10.8. The fraction of sp³-hybridized carbons (Fsp3) is 0.667. The predicted molar refractivity (Wildman–Crippen MR) is 62.9 cm³/mol. The van der Waals surface area contributed by atoms with Crippen LogP contribution in [0.4, 0.5) is 0 Å². The van der Waals surface area contributed by atoms with E-state index >= 15 is 0 Å². The van der Waals surface area contributed by atoms with Gasteiger partial charge in [-0.25, -0.2) is 0 Å². The van der Waals surface area contributed by atoms with E-state index in [0.717, 1.165) is 0 Å². The molecule has 0 fully saturated rings. The number of carbonyl (C=O) groups excluding carboxylic acids is 2. The van der Waals surface area contributed by atoms with Crippen molar-refractivity contribution in [3.8, 4) is 0 Å². The fourth-order valence-electron chi connectivity index (χ4n) is 1.05. The van der Waals surface area contributed by atoms with E-state index in [4.69, 9.17) is 4.74 Å². The molecular formula is C12H21NO3. The molecule has 4 heteroatoms. The predicted octanol–water partition coefficient (Wildman–Crippen LogP) is 1.66. The van der Waals surface area contributed by atoms with Gasteiger partial charge in [0.25, 0.3) is 0 Å². The molecule has 0 radical (unpaired) electrons. The van der Waals surface area contributed by atoms with Crippen molar-refractivity contribution >= 4 is 11.9 Å². The maximum Gasteiger partial charge on any atom is 0.306 e. The van der Waals surface area contributed by atoms with Crippen LogP contribution >= 0.6 is 0 Å². The molecule has 0 atom stereocenters. The summed E-state index contributed by atoms with van der Waals surface area (Å²) in [5.74, 6) is 0.0354. The molecule has 1 amide bonds. The number of esters is 1. The highest BCUT2D eigenvalue weighted by atomic mass is 16.5. The first-order valence-electron chi connectivity index (χ1n) is 5.65. The molecule has 0 aliphatic rings. The third kappa shape index (κ3) is 9.24. The van der Waals surface area contributed by atoms with Crippen molar-refractivity contribution in [1.82, 2.24) is 5.32 Å². The molecule has 0 unspecified atom stereocenters. The zero-order valence-electron chi connectivity index (χ0n) is 10.3. The van der Waals surface area contributed by atoms with E-state index in [0.29, 0.717) is 19.1 Å². The van der Waals surface area contributed by atoms with Crippen molar-refractivity contribution in [1.29, 1.82) is 0 Å². The molecule has 0 spiro atoms. The van der Waals surface area contributed by atoms with E-state index in [-0.39, 0.29) is 24.7 Å². The van der Waals surface area contributed by atoms with Gasteiger partial charge in [-0.1, -0.05) is 26.0 Å². The Balaban J connectivity index is 3.56. The second kappa shape index (κ2) is 8.95. The van der Waals surface area contributed by atoms with Crippen LogP contribution in [-0.2, 0) is 14.3 Å². The van der Waals surface area contributed by atoms with Crippen LogP contribution in [-0.4, -0.2) is 25.0 Å². The Morgan fingerprint density at radius 3 is 2.56 bits per heavy atom. The smallest absolute Gasteiger partial charge is 0.306 e. The monoisotopic (exact) mass is 227 g/mol. The van der Waals surface area contributed by atoms with Crippen molar-refractivity contribution in [2.24, 2.45) is 5.92 Å². The van der Waals surface area contributed by atoms with Crippen molar-refractivity contribution in [3.63, 3.8) is 0 Å². The zero-order valence-corrected chi connectivity index (χ0v) is 10.3. The molecular weight excluding hydrogens is 206 g/mol. The summed E-state index contributed by atoms with van der Waals surface area (Å²) in [6.45, 7) is 6.75. The lowest BCUT2D eigenvalue weighted by Gasteiger charge is -2.02. The number of hydrogen-bond donors (Lipinski definition) is 1. The van der Waals surface area contributed by atoms with Crippen LogP contribution in [0.3, 0.4) is 0 Å². The van der Waals surface area contributed by atoms with Gasteiger partial charge in [-0.15, -0.1) is 0 Å². The lowest BCUT2D eigenvalue weighted by Crippen LogP contribution is -2.24. The van der Waals surface area contributed by atoms with E-state index < -0.39 is 0 Å². The summed E-state index contributed by atoms with van der Waals surface area (Å²) in [6, 6.07) is 0. The van der Waals surface area contributed by atoms with Gasteiger partial charge in [0.05, 0.1) is 13.0 Å². The van der Waals surface area contributed by atoms with E-state index in [1.54, 1.807) is 6.92 Å². The van der Waals surface area contributed by atoms with Gasteiger partial charge in [-0.3, -0.25) is 9.59 Å². The quantitative estimate of drug-likeness (QED) is 0.531. The third-order valence-electron chi connectivity index (χ3n) is 1.80. The first-order chi connectivity index (χ1) is 7.56. The molecule has 0 rings (SSSR count). The average Bonchev–Trinajstić information content (AvgIpc) is 2.22. The lowest BCUT2D eigenvalue weighted by molar-refractivity contribution is -0.144. The standard InChI is InChI=1S/C12H21NO3/c1-4-16-12(15)8-7-11(14)13-9-5-6-10(2)3/h5-6,10H,4,7-9H2,1-3H3,(H,13,14)/b6-5+. The maximum atomic E-state index is 11.2. The highest BCUT2D eigenvalue weighted by Crippen LogP contribution is 1.94. The summed E-state index contributed by atoms with van der Waals surface area (Å²) >= 11 is 0. The van der Waals surface area contributed by atoms with Gasteiger partial charge in [0.1, 0.15) is 0 Å². The van der Waals surface area contributed by atoms with Crippen molar-refractivity contribution < 1.29 is 14.3 Å². The summed E-state index contributed by atoms with van der Waals surface area (Å²) < 4.78 is 4.72. The van der Waals surface area contributed by atoms with Crippen LogP contribution in [0.25, 0.3) is 0 Å². The van der Waals surface area contributed by atoms with Crippen LogP contribution in [0.15, 0.2) is 12.2 Å². The highest BCUT2D eigenvalue weighted by molar-refractivity contribution is 5.81. The first kappa shape index (κ1) is 14.7. The van der Waals surface area contributed by atoms with Crippen LogP contribution in [0.5, 0.6) is 0 Å². The Bertz CT molecular complexity index is 247. The molecule has 92 valence electrons. The molecule has 0 aromatic carbocycles. The first-order valence-corrected chi connectivity index (χ1v) is 5.65. The summed E-state index contributed by atoms with van der Waals surface area (Å²) in [4.78, 5) is 22.2. The molecule has 0 saturated carbocycles. The molecule has 0 aromatic rings. The number of ether oxygens (including phenoxy) is 1. The second-order valence-electron chi connectivity index (χ2n) is 3.78. The number of allylic oxidation sites excluding steroid dienone is 1. The number of carbonyl (C=O) groups is 2. The van der Waals surface area contributed by atoms with E-state index in [1.807, 2.05) is 12.2 Å². The van der Waals surface area contributed by atoms with Gasteiger partial charge in [0.15, 0.2) is 0 Å². The van der Waals surface area contributed by atoms with Crippen molar-refractivity contribution in [2.75, 3.05) is 13.2 Å². The average molecular weight is 227 g/mol. The Labute approximate surface area is 97.1 Å². The Morgan fingerprint density at radius 1 is 1.31 bits per heavy atom. The van der Waals surface area contributed by atoms with Gasteiger partial charge in [0, 0.05) is 13.0 Å². The van der Waals surface area contributed by atoms with Crippen LogP contribution < -0.4 is 5.32 Å². The van der Waals surface area contributed by atoms with Crippen molar-refractivity contribution in [2.45, 2.75) is 33.6 Å². The third-order valence-corrected chi connectivity index (χ3v) is 1.80. The summed E-state index contributed by atoms with van der Waals surface area (Å²) in [6.07, 6.45) is 4.26. The Morgan fingerprint density at radius 2 is 2.00 bits per heavy atom. The zero-order chi connectivity index (χ0) is 12.4. The molecule has 0 aliphatic heterocycles. The molecule has 0 aliphatic carbocycles. The number of hydrogen-bond acceptors (Lipinski definition) is 3. The van der Waals surface area contributed by atoms with Gasteiger partial charge in [-0.05, 0) is 12.8 Å². The molecule has 0 bridgehead atoms. The van der Waals surface area contributed by atoms with Crippen LogP contribution in [0.1, 0.15) is 33.6 Å². The van der Waals surface area contributed by atoms with Crippen LogP contribution in [0.2, 0.25) is 0 Å². The SMILES string of the molecule is CCOC(=O)CCC(=O)NC/C=C/C(C)C. The lowest BCUT2D eigenvalue weighted by atomic mass is 10.2. The minimum Gasteiger partial charge on any atom is -0.466 e. The molecule has 0 saturated heterocycles. The van der Waals surface area contributed by atoms with Gasteiger partial charge in [-0.2, -0.15) is 0 Å². The number of nitrogens with one attached hydrogen (secondary N) is 1. The molecule has 1 N–H and O–H groups in total. The molecule has 0 aromatic heterocycles. The minimum atomic E-state index is -0.324. The van der Waals surface area contributed by atoms with E-state index in [9.17, 15) is 9.59 Å². The Kier molecular flexibility index (Phi) is 8.21. The largest absolute Gasteiger partial charge is 0.466 e. The summed E-state index contributed by atoms with van der Waals surface area (Å²) in [5.41, 5.74) is 0. The van der Waals surface area contributed by atoms with Crippen molar-refractivity contribution in [3.05, 3.63) is 12.2 Å². The summed E-state index contributed by atoms with van der Waals surface area (Å²) in [5, 5.41) is 2.70. The molecule has 0 heterocycles. The highest BCUT2D eigenvalue weighted by Gasteiger charge is 2.05. The number of rotatable bonds is 7.